The van der Waals surface area contributed by atoms with Crippen LogP contribution in [0, 0.1) is 6.07 Å². The average Bonchev–Trinajstić information content (AvgIpc) is 2.35. The van der Waals surface area contributed by atoms with E-state index in [2.05, 4.69) is 0 Å². The minimum Gasteiger partial charge on any atom is -0.166 e. The number of rotatable bonds is 4. The smallest absolute Gasteiger partial charge is 0.166 e. The van der Waals surface area contributed by atoms with Crippen molar-refractivity contribution in [3.05, 3.63) is 29.3 Å². The lowest BCUT2D eigenvalue weighted by atomic mass is 10.1. The molecule has 1 aromatic rings. The maximum Gasteiger partial charge on any atom is 0.417 e. The van der Waals surface area contributed by atoms with Gasteiger partial charge in [-0.2, -0.15) is 26.3 Å². The number of halogens is 6. The molecular formula is C17H23F6Si. The number of alkyl halides is 6. The first kappa shape index (κ1) is 21.1. The molecule has 0 bridgehead atoms. The van der Waals surface area contributed by atoms with Gasteiger partial charge in [0.2, 0.25) is 0 Å². The number of hydrogen-bond donors (Lipinski definition) is 0. The highest BCUT2D eigenvalue weighted by atomic mass is 28.3. The second kappa shape index (κ2) is 6.73. The maximum absolute atomic E-state index is 13.1. The van der Waals surface area contributed by atoms with Crippen molar-refractivity contribution in [3.63, 3.8) is 0 Å². The Kier molecular flexibility index (Phi) is 5.90. The van der Waals surface area contributed by atoms with Crippen molar-refractivity contribution < 1.29 is 26.3 Å². The molecule has 1 radical (unpaired) electrons. The average molecular weight is 369 g/mol. The Bertz CT molecular complexity index is 515. The van der Waals surface area contributed by atoms with E-state index in [-0.39, 0.29) is 21.8 Å². The van der Waals surface area contributed by atoms with Gasteiger partial charge in [-0.15, -0.1) is 0 Å². The van der Waals surface area contributed by atoms with Crippen molar-refractivity contribution in [3.8, 4) is 0 Å². The number of hydrogen-bond acceptors (Lipinski definition) is 0. The van der Waals surface area contributed by atoms with Crippen LogP contribution in [0.4, 0.5) is 26.3 Å². The largest absolute Gasteiger partial charge is 0.417 e. The molecule has 0 saturated heterocycles. The quantitative estimate of drug-likeness (QED) is 0.425. The van der Waals surface area contributed by atoms with Gasteiger partial charge in [0.15, 0.2) is 0 Å². The molecule has 0 aromatic heterocycles. The van der Waals surface area contributed by atoms with Gasteiger partial charge >= 0.3 is 12.4 Å². The molecule has 1 aromatic carbocycles. The van der Waals surface area contributed by atoms with Gasteiger partial charge < -0.3 is 0 Å². The standard InChI is InChI=1S/C17H23F6Si/c1-10(2)24(11(3)4,12(5)6)15-8-13(16(18,19)20)7-14(9-15)17(21,22)23/h8-12H,1-6H3. The second-order valence-electron chi connectivity index (χ2n) is 7.09. The summed E-state index contributed by atoms with van der Waals surface area (Å²) in [4.78, 5) is 0. The Labute approximate surface area is 140 Å². The van der Waals surface area contributed by atoms with E-state index in [1.807, 2.05) is 41.5 Å². The van der Waals surface area contributed by atoms with Crippen LogP contribution in [0.5, 0.6) is 0 Å². The van der Waals surface area contributed by atoms with Gasteiger partial charge in [0.1, 0.15) is 0 Å². The Hall–Kier alpha value is -0.983. The molecular weight excluding hydrogens is 346 g/mol. The Morgan fingerprint density at radius 3 is 1.21 bits per heavy atom. The van der Waals surface area contributed by atoms with Crippen LogP contribution in [0.25, 0.3) is 0 Å². The molecule has 0 N–H and O–H groups in total. The van der Waals surface area contributed by atoms with Crippen LogP contribution in [0.1, 0.15) is 52.7 Å². The van der Waals surface area contributed by atoms with E-state index < -0.39 is 31.6 Å². The van der Waals surface area contributed by atoms with Crippen LogP contribution < -0.4 is 5.19 Å². The molecule has 24 heavy (non-hydrogen) atoms. The first-order valence-corrected chi connectivity index (χ1v) is 10.1. The molecule has 0 fully saturated rings. The monoisotopic (exact) mass is 369 g/mol. The van der Waals surface area contributed by atoms with Gasteiger partial charge in [-0.1, -0.05) is 58.9 Å². The molecule has 0 unspecified atom stereocenters. The molecule has 137 valence electrons. The van der Waals surface area contributed by atoms with E-state index in [1.165, 1.54) is 6.07 Å². The first-order valence-electron chi connectivity index (χ1n) is 7.87. The molecule has 0 aliphatic heterocycles. The molecule has 0 atom stereocenters. The number of benzene rings is 1. The lowest BCUT2D eigenvalue weighted by Gasteiger charge is -2.44. The highest BCUT2D eigenvalue weighted by Crippen LogP contribution is 2.43. The normalized spacial score (nSPS) is 14.1. The van der Waals surface area contributed by atoms with Gasteiger partial charge in [0.05, 0.1) is 19.2 Å². The van der Waals surface area contributed by atoms with Gasteiger partial charge in [-0.3, -0.25) is 0 Å². The fourth-order valence-corrected chi connectivity index (χ4v) is 10.9. The topological polar surface area (TPSA) is 0 Å². The zero-order valence-corrected chi connectivity index (χ0v) is 15.7. The zero-order chi connectivity index (χ0) is 19.1. The van der Waals surface area contributed by atoms with Crippen LogP contribution in [-0.2, 0) is 12.4 Å². The molecule has 0 spiro atoms. The summed E-state index contributed by atoms with van der Waals surface area (Å²) in [5.74, 6) is 0. The van der Waals surface area contributed by atoms with Crippen LogP contribution in [-0.4, -0.2) is 8.07 Å². The van der Waals surface area contributed by atoms with E-state index in [1.54, 1.807) is 0 Å². The van der Waals surface area contributed by atoms with Crippen molar-refractivity contribution in [1.29, 1.82) is 0 Å². The van der Waals surface area contributed by atoms with E-state index in [0.29, 0.717) is 0 Å². The van der Waals surface area contributed by atoms with E-state index in [9.17, 15) is 26.3 Å². The Morgan fingerprint density at radius 2 is 1.00 bits per heavy atom. The van der Waals surface area contributed by atoms with E-state index in [4.69, 9.17) is 0 Å². The highest BCUT2D eigenvalue weighted by Gasteiger charge is 2.47. The van der Waals surface area contributed by atoms with E-state index in [0.717, 1.165) is 12.1 Å². The summed E-state index contributed by atoms with van der Waals surface area (Å²) in [6.07, 6.45) is -9.72. The fraction of sp³-hybridized carbons (Fsp3) is 0.647. The lowest BCUT2D eigenvalue weighted by Crippen LogP contribution is -2.56. The van der Waals surface area contributed by atoms with Crippen LogP contribution in [0.15, 0.2) is 12.1 Å². The Morgan fingerprint density at radius 1 is 0.708 bits per heavy atom. The summed E-state index contributed by atoms with van der Waals surface area (Å²) in [7, 11) is -2.64. The second-order valence-corrected chi connectivity index (χ2v) is 13.0. The van der Waals surface area contributed by atoms with Gasteiger partial charge in [-0.25, -0.2) is 0 Å². The maximum atomic E-state index is 13.1. The zero-order valence-electron chi connectivity index (χ0n) is 14.7. The predicted molar refractivity (Wildman–Crippen MR) is 86.0 cm³/mol. The minimum absolute atomic E-state index is 0.00191. The molecule has 0 amide bonds. The third kappa shape index (κ3) is 3.81. The van der Waals surface area contributed by atoms with Crippen LogP contribution >= 0.6 is 0 Å². The van der Waals surface area contributed by atoms with Crippen LogP contribution in [0.3, 0.4) is 0 Å². The van der Waals surface area contributed by atoms with Crippen molar-refractivity contribution in [1.82, 2.24) is 0 Å². The predicted octanol–water partition coefficient (Wildman–Crippen LogP) is 6.41. The first-order chi connectivity index (χ1) is 10.6. The van der Waals surface area contributed by atoms with Gasteiger partial charge in [0.25, 0.3) is 0 Å². The molecule has 0 aliphatic carbocycles. The molecule has 0 nitrogen and oxygen atoms in total. The molecule has 0 aliphatic rings. The highest BCUT2D eigenvalue weighted by molar-refractivity contribution is 6.95. The summed E-state index contributed by atoms with van der Waals surface area (Å²) in [6.45, 7) is 11.4. The molecule has 0 saturated carbocycles. The lowest BCUT2D eigenvalue weighted by molar-refractivity contribution is -0.143. The van der Waals surface area contributed by atoms with Gasteiger partial charge in [-0.05, 0) is 16.6 Å². The van der Waals surface area contributed by atoms with Gasteiger partial charge in [0, 0.05) is 6.07 Å². The summed E-state index contributed by atoms with van der Waals surface area (Å²) >= 11 is 0. The minimum atomic E-state index is -4.86. The Balaban J connectivity index is 3.84. The summed E-state index contributed by atoms with van der Waals surface area (Å²) in [5.41, 5.74) is -2.68. The van der Waals surface area contributed by atoms with E-state index >= 15 is 0 Å². The summed E-state index contributed by atoms with van der Waals surface area (Å²) < 4.78 is 78.9. The van der Waals surface area contributed by atoms with Crippen molar-refractivity contribution >= 4 is 13.3 Å². The van der Waals surface area contributed by atoms with Crippen molar-refractivity contribution in [2.24, 2.45) is 0 Å². The third-order valence-electron chi connectivity index (χ3n) is 4.85. The summed E-state index contributed by atoms with van der Waals surface area (Å²) in [6, 6.07) is 3.31. The molecule has 7 heteroatoms. The third-order valence-corrected chi connectivity index (χ3v) is 11.9. The SMILES string of the molecule is CC(C)[Si](c1cc(C(F)(F)F)[c]c(C(F)(F)F)c1)(C(C)C)C(C)C. The molecule has 0 heterocycles. The summed E-state index contributed by atoms with van der Waals surface area (Å²) in [5, 5.41) is 0.209. The van der Waals surface area contributed by atoms with Crippen molar-refractivity contribution in [2.45, 2.75) is 70.5 Å². The fourth-order valence-electron chi connectivity index (χ4n) is 4.13. The molecule has 1 rings (SSSR count). The van der Waals surface area contributed by atoms with Crippen LogP contribution in [0.2, 0.25) is 16.6 Å². The van der Waals surface area contributed by atoms with Crippen molar-refractivity contribution in [2.75, 3.05) is 0 Å².